The van der Waals surface area contributed by atoms with Crippen LogP contribution in [0.3, 0.4) is 0 Å². The van der Waals surface area contributed by atoms with Gasteiger partial charge in [0.25, 0.3) is 0 Å². The molecule has 0 saturated carbocycles. The van der Waals surface area contributed by atoms with Crippen LogP contribution in [0.1, 0.15) is 53.9 Å². The van der Waals surface area contributed by atoms with E-state index in [1.165, 1.54) is 12.1 Å². The van der Waals surface area contributed by atoms with E-state index >= 15 is 0 Å². The van der Waals surface area contributed by atoms with Crippen LogP contribution in [0.4, 0.5) is 0 Å². The van der Waals surface area contributed by atoms with Gasteiger partial charge in [-0.15, -0.1) is 0 Å². The molecular weight excluding hydrogens is 574 g/mol. The zero-order valence-electron chi connectivity index (χ0n) is 25.4. The molecule has 45 heavy (non-hydrogen) atoms. The van der Waals surface area contributed by atoms with Gasteiger partial charge in [0.2, 0.25) is 5.75 Å². The van der Waals surface area contributed by atoms with Crippen molar-refractivity contribution < 1.29 is 39.8 Å². The Morgan fingerprint density at radius 2 is 1.56 bits per heavy atom. The van der Waals surface area contributed by atoms with E-state index < -0.39 is 11.9 Å². The second-order valence-corrected chi connectivity index (χ2v) is 11.1. The number of hydrogen-bond acceptors (Lipinski definition) is 9. The van der Waals surface area contributed by atoms with Crippen molar-refractivity contribution in [3.8, 4) is 34.5 Å². The van der Waals surface area contributed by atoms with Gasteiger partial charge in [-0.3, -0.25) is 10.1 Å². The molecule has 0 aliphatic rings. The third-order valence-corrected chi connectivity index (χ3v) is 7.59. The molecule has 4 aromatic rings. The summed E-state index contributed by atoms with van der Waals surface area (Å²) in [6.45, 7) is 0.290. The fourth-order valence-electron chi connectivity index (χ4n) is 5.21. The summed E-state index contributed by atoms with van der Waals surface area (Å²) in [4.78, 5) is 12.9. The fourth-order valence-corrected chi connectivity index (χ4v) is 5.21. The number of carbonyl (C=O) groups excluding carboxylic acids is 1. The average molecular weight is 616 g/mol. The highest BCUT2D eigenvalue weighted by Gasteiger charge is 2.22. The highest BCUT2D eigenvalue weighted by atomic mass is 16.5. The maximum absolute atomic E-state index is 12.9. The zero-order valence-corrected chi connectivity index (χ0v) is 25.4. The van der Waals surface area contributed by atoms with Crippen molar-refractivity contribution in [2.45, 2.75) is 57.2 Å². The van der Waals surface area contributed by atoms with Crippen LogP contribution >= 0.6 is 0 Å². The van der Waals surface area contributed by atoms with Gasteiger partial charge in [-0.25, -0.2) is 0 Å². The first-order valence-corrected chi connectivity index (χ1v) is 15.0. The summed E-state index contributed by atoms with van der Waals surface area (Å²) in [5.41, 5.74) is 3.29. The minimum atomic E-state index is -0.930. The van der Waals surface area contributed by atoms with Gasteiger partial charge in [0, 0.05) is 12.8 Å². The third-order valence-electron chi connectivity index (χ3n) is 7.59. The SMILES string of the molecule is CNCOc1cc(CCC(=O)C[C@H](O)C[C@H](CCc2ccccc2)c2cc(O)c(O)c(OCc3cccc(O)c3)c2)ccc1O. The number of carbonyl (C=O) groups is 1. The molecule has 0 unspecified atom stereocenters. The summed E-state index contributed by atoms with van der Waals surface area (Å²) >= 11 is 0. The number of aliphatic hydroxyl groups is 1. The van der Waals surface area contributed by atoms with Crippen LogP contribution in [0.5, 0.6) is 34.5 Å². The minimum Gasteiger partial charge on any atom is -0.508 e. The summed E-state index contributed by atoms with van der Waals surface area (Å²) < 4.78 is 11.3. The molecular formula is C36H41NO8. The predicted octanol–water partition coefficient (Wildman–Crippen LogP) is 5.70. The summed E-state index contributed by atoms with van der Waals surface area (Å²) in [6.07, 6.45) is 1.27. The monoisotopic (exact) mass is 615 g/mol. The molecule has 0 aliphatic carbocycles. The normalized spacial score (nSPS) is 12.4. The number of hydrogen-bond donors (Lipinski definition) is 6. The van der Waals surface area contributed by atoms with Crippen molar-refractivity contribution in [1.29, 1.82) is 0 Å². The first kappa shape index (κ1) is 33.2. The Labute approximate surface area is 263 Å². The van der Waals surface area contributed by atoms with Gasteiger partial charge in [-0.1, -0.05) is 48.5 Å². The molecule has 0 bridgehead atoms. The lowest BCUT2D eigenvalue weighted by Gasteiger charge is -2.22. The van der Waals surface area contributed by atoms with Gasteiger partial charge in [0.05, 0.1) is 6.10 Å². The van der Waals surface area contributed by atoms with Gasteiger partial charge in [-0.2, -0.15) is 0 Å². The van der Waals surface area contributed by atoms with Crippen LogP contribution < -0.4 is 14.8 Å². The molecule has 0 saturated heterocycles. The Hall–Kier alpha value is -4.73. The number of aliphatic hydroxyl groups excluding tert-OH is 1. The molecule has 0 radical (unpaired) electrons. The molecule has 0 heterocycles. The maximum Gasteiger partial charge on any atom is 0.200 e. The van der Waals surface area contributed by atoms with E-state index in [1.807, 2.05) is 30.3 Å². The zero-order chi connectivity index (χ0) is 32.2. The molecule has 0 amide bonds. The first-order chi connectivity index (χ1) is 21.7. The van der Waals surface area contributed by atoms with Crippen molar-refractivity contribution >= 4 is 5.78 Å². The van der Waals surface area contributed by atoms with Crippen LogP contribution in [-0.2, 0) is 24.2 Å². The average Bonchev–Trinajstić information content (AvgIpc) is 3.03. The molecule has 0 aromatic heterocycles. The lowest BCUT2D eigenvalue weighted by molar-refractivity contribution is -0.121. The Bertz CT molecular complexity index is 1540. The molecule has 2 atom stereocenters. The number of phenols is 4. The molecule has 0 fully saturated rings. The number of Topliss-reactive ketones (excluding diaryl/α,β-unsaturated/α-hetero) is 1. The van der Waals surface area contributed by atoms with Crippen LogP contribution in [0.15, 0.2) is 84.9 Å². The van der Waals surface area contributed by atoms with Crippen LogP contribution in [0.25, 0.3) is 0 Å². The van der Waals surface area contributed by atoms with E-state index in [0.717, 1.165) is 11.1 Å². The molecule has 9 nitrogen and oxygen atoms in total. The molecule has 9 heteroatoms. The van der Waals surface area contributed by atoms with Crippen LogP contribution in [-0.4, -0.2) is 51.2 Å². The Morgan fingerprint density at radius 1 is 0.778 bits per heavy atom. The number of ketones is 1. The van der Waals surface area contributed by atoms with Gasteiger partial charge < -0.3 is 35.0 Å². The second kappa shape index (κ2) is 16.4. The van der Waals surface area contributed by atoms with Crippen molar-refractivity contribution in [2.24, 2.45) is 0 Å². The molecule has 6 N–H and O–H groups in total. The number of aryl methyl sites for hydroxylation is 2. The van der Waals surface area contributed by atoms with Gasteiger partial charge in [-0.05, 0) is 97.3 Å². The molecule has 238 valence electrons. The predicted molar refractivity (Wildman–Crippen MR) is 171 cm³/mol. The topological polar surface area (TPSA) is 149 Å². The van der Waals surface area contributed by atoms with E-state index in [1.54, 1.807) is 49.5 Å². The second-order valence-electron chi connectivity index (χ2n) is 11.1. The molecule has 0 aliphatic heterocycles. The van der Waals surface area contributed by atoms with Crippen molar-refractivity contribution in [3.05, 3.63) is 107 Å². The van der Waals surface area contributed by atoms with Crippen molar-refractivity contribution in [3.63, 3.8) is 0 Å². The van der Waals surface area contributed by atoms with Gasteiger partial charge in [0.15, 0.2) is 23.0 Å². The third kappa shape index (κ3) is 10.2. The summed E-state index contributed by atoms with van der Waals surface area (Å²) in [7, 11) is 1.73. The summed E-state index contributed by atoms with van der Waals surface area (Å²) in [6, 6.07) is 24.6. The van der Waals surface area contributed by atoms with Crippen LogP contribution in [0, 0.1) is 0 Å². The van der Waals surface area contributed by atoms with E-state index in [4.69, 9.17) is 9.47 Å². The van der Waals surface area contributed by atoms with E-state index in [-0.39, 0.29) is 67.3 Å². The standard InChI is InChI=1S/C36H41NO8/c1-37-23-45-34-17-25(12-15-32(34)41)11-14-30(39)21-31(40)18-27(13-10-24-6-3-2-4-7-24)28-19-33(42)36(43)35(20-28)44-22-26-8-5-9-29(38)16-26/h2-9,12,15-17,19-20,27,31,37-38,40-43H,10-11,13-14,18,21-23H2,1H3/t27-,31+/m0/s1. The van der Waals surface area contributed by atoms with Gasteiger partial charge >= 0.3 is 0 Å². The highest BCUT2D eigenvalue weighted by molar-refractivity contribution is 5.79. The lowest BCUT2D eigenvalue weighted by atomic mass is 9.86. The van der Waals surface area contributed by atoms with E-state index in [2.05, 4.69) is 5.32 Å². The number of benzene rings is 4. The van der Waals surface area contributed by atoms with Gasteiger partial charge in [0.1, 0.15) is 24.9 Å². The quantitative estimate of drug-likeness (QED) is 0.0650. The smallest absolute Gasteiger partial charge is 0.200 e. The first-order valence-electron chi connectivity index (χ1n) is 15.0. The highest BCUT2D eigenvalue weighted by Crippen LogP contribution is 2.41. The number of ether oxygens (including phenoxy) is 2. The minimum absolute atomic E-state index is 0.0190. The van der Waals surface area contributed by atoms with Crippen molar-refractivity contribution in [1.82, 2.24) is 5.32 Å². The maximum atomic E-state index is 12.9. The van der Waals surface area contributed by atoms with Crippen LogP contribution in [0.2, 0.25) is 0 Å². The lowest BCUT2D eigenvalue weighted by Crippen LogP contribution is -2.18. The molecule has 4 rings (SSSR count). The number of nitrogens with one attached hydrogen (secondary N) is 1. The number of phenolic OH excluding ortho intramolecular Hbond substituents is 4. The number of aromatic hydroxyl groups is 4. The van der Waals surface area contributed by atoms with E-state index in [0.29, 0.717) is 36.1 Å². The fraction of sp³-hybridized carbons (Fsp3) is 0.306. The molecule has 0 spiro atoms. The Balaban J connectivity index is 1.44. The summed E-state index contributed by atoms with van der Waals surface area (Å²) in [5, 5.41) is 54.8. The summed E-state index contributed by atoms with van der Waals surface area (Å²) in [5.74, 6) is -0.580. The molecule has 4 aromatic carbocycles. The van der Waals surface area contributed by atoms with E-state index in [9.17, 15) is 30.3 Å². The van der Waals surface area contributed by atoms with Crippen molar-refractivity contribution in [2.75, 3.05) is 13.8 Å². The largest absolute Gasteiger partial charge is 0.508 e. The Morgan fingerprint density at radius 3 is 2.31 bits per heavy atom. The Kier molecular flexibility index (Phi) is 12.1. The number of rotatable bonds is 17.